The first-order valence-corrected chi connectivity index (χ1v) is 6.32. The van der Waals surface area contributed by atoms with Crippen LogP contribution in [0.5, 0.6) is 0 Å². The molecule has 0 aromatic heterocycles. The minimum Gasteiger partial charge on any atom is -0.444 e. The molecular weight excluding hydrogens is 234 g/mol. The number of methoxy groups -OCH3 is 1. The maximum atomic E-state index is 12.2. The molecule has 1 heterocycles. The number of hydrogen-bond donors (Lipinski definition) is 0. The van der Waals surface area contributed by atoms with E-state index in [9.17, 15) is 4.79 Å². The molecule has 1 aliphatic heterocycles. The first-order chi connectivity index (χ1) is 8.17. The number of ether oxygens (including phenoxy) is 3. The van der Waals surface area contributed by atoms with Crippen LogP contribution < -0.4 is 0 Å². The van der Waals surface area contributed by atoms with Gasteiger partial charge in [-0.15, -0.1) is 0 Å². The third kappa shape index (κ3) is 3.85. The van der Waals surface area contributed by atoms with Crippen molar-refractivity contribution in [3.05, 3.63) is 0 Å². The Bertz CT molecular complexity index is 296. The molecule has 1 aliphatic rings. The predicted molar refractivity (Wildman–Crippen MR) is 68.4 cm³/mol. The van der Waals surface area contributed by atoms with E-state index >= 15 is 0 Å². The Morgan fingerprint density at radius 3 is 2.56 bits per heavy atom. The number of hydrogen-bond acceptors (Lipinski definition) is 4. The van der Waals surface area contributed by atoms with Crippen LogP contribution in [0.3, 0.4) is 0 Å². The highest BCUT2D eigenvalue weighted by molar-refractivity contribution is 5.69. The maximum Gasteiger partial charge on any atom is 0.412 e. The number of rotatable bonds is 3. The summed E-state index contributed by atoms with van der Waals surface area (Å²) in [5.41, 5.74) is -1.12. The van der Waals surface area contributed by atoms with Crippen molar-refractivity contribution >= 4 is 6.09 Å². The van der Waals surface area contributed by atoms with Crippen LogP contribution in [-0.4, -0.2) is 48.7 Å². The Hall–Kier alpha value is -0.810. The Balaban J connectivity index is 2.75. The van der Waals surface area contributed by atoms with E-state index in [2.05, 4.69) is 0 Å². The third-order valence-electron chi connectivity index (χ3n) is 2.82. The minimum absolute atomic E-state index is 0.00907. The van der Waals surface area contributed by atoms with Gasteiger partial charge in [-0.05, 0) is 41.0 Å². The molecule has 0 aromatic rings. The van der Waals surface area contributed by atoms with E-state index in [1.54, 1.807) is 12.0 Å². The zero-order valence-corrected chi connectivity index (χ0v) is 12.3. The zero-order chi connectivity index (χ0) is 14.0. The molecule has 1 fully saturated rings. The quantitative estimate of drug-likeness (QED) is 0.781. The van der Waals surface area contributed by atoms with Gasteiger partial charge in [-0.3, -0.25) is 4.90 Å². The van der Waals surface area contributed by atoms with Gasteiger partial charge in [0.15, 0.2) is 0 Å². The van der Waals surface area contributed by atoms with Gasteiger partial charge in [0.1, 0.15) is 11.3 Å². The van der Waals surface area contributed by atoms with Gasteiger partial charge in [0.2, 0.25) is 0 Å². The summed E-state index contributed by atoms with van der Waals surface area (Å²) in [6.45, 7) is 10.5. The monoisotopic (exact) mass is 259 g/mol. The Morgan fingerprint density at radius 2 is 2.06 bits per heavy atom. The van der Waals surface area contributed by atoms with Crippen LogP contribution in [0.2, 0.25) is 0 Å². The fraction of sp³-hybridized carbons (Fsp3) is 0.923. The molecule has 1 amide bonds. The molecular formula is C13H25NO4. The van der Waals surface area contributed by atoms with Gasteiger partial charge in [0, 0.05) is 13.7 Å². The van der Waals surface area contributed by atoms with Crippen LogP contribution in [0, 0.1) is 0 Å². The van der Waals surface area contributed by atoms with E-state index in [0.717, 1.165) is 6.42 Å². The molecule has 18 heavy (non-hydrogen) atoms. The summed E-state index contributed by atoms with van der Waals surface area (Å²) in [6, 6.07) is 0.00907. The Labute approximate surface area is 109 Å². The summed E-state index contributed by atoms with van der Waals surface area (Å²) >= 11 is 0. The second-order valence-corrected chi connectivity index (χ2v) is 6.04. The largest absolute Gasteiger partial charge is 0.444 e. The molecule has 5 nitrogen and oxygen atoms in total. The van der Waals surface area contributed by atoms with Crippen LogP contribution in [0.1, 0.15) is 41.0 Å². The molecule has 0 aliphatic carbocycles. The fourth-order valence-corrected chi connectivity index (χ4v) is 2.03. The van der Waals surface area contributed by atoms with Gasteiger partial charge in [-0.1, -0.05) is 0 Å². The van der Waals surface area contributed by atoms with Crippen molar-refractivity contribution in [2.24, 2.45) is 0 Å². The summed E-state index contributed by atoms with van der Waals surface area (Å²) in [5.74, 6) is 0. The topological polar surface area (TPSA) is 48.0 Å². The van der Waals surface area contributed by atoms with Crippen molar-refractivity contribution in [1.29, 1.82) is 0 Å². The van der Waals surface area contributed by atoms with Crippen LogP contribution in [0.15, 0.2) is 0 Å². The van der Waals surface area contributed by atoms with E-state index in [0.29, 0.717) is 13.2 Å². The standard InChI is InChI=1S/C13H25NO4/c1-12(2,3)18-11(15)14-10(7-8-16-6)9-17-13(14,4)5/h10H,7-9H2,1-6H3/t10-/m0/s1. The second-order valence-electron chi connectivity index (χ2n) is 6.04. The molecule has 0 saturated carbocycles. The van der Waals surface area contributed by atoms with E-state index in [1.165, 1.54) is 0 Å². The summed E-state index contributed by atoms with van der Waals surface area (Å²) < 4.78 is 16.2. The van der Waals surface area contributed by atoms with E-state index in [-0.39, 0.29) is 12.1 Å². The van der Waals surface area contributed by atoms with E-state index in [1.807, 2.05) is 34.6 Å². The maximum absolute atomic E-state index is 12.2. The van der Waals surface area contributed by atoms with Crippen molar-refractivity contribution in [2.75, 3.05) is 20.3 Å². The fourth-order valence-electron chi connectivity index (χ4n) is 2.03. The number of nitrogens with zero attached hydrogens (tertiary/aromatic N) is 1. The molecule has 1 atom stereocenters. The van der Waals surface area contributed by atoms with Gasteiger partial charge in [-0.25, -0.2) is 4.79 Å². The first kappa shape index (κ1) is 15.2. The molecule has 106 valence electrons. The third-order valence-corrected chi connectivity index (χ3v) is 2.82. The minimum atomic E-state index is -0.624. The van der Waals surface area contributed by atoms with Crippen LogP contribution in [0.4, 0.5) is 4.79 Å². The lowest BCUT2D eigenvalue weighted by Crippen LogP contribution is -2.50. The Morgan fingerprint density at radius 1 is 1.44 bits per heavy atom. The summed E-state index contributed by atoms with van der Waals surface area (Å²) in [6.07, 6.45) is 0.421. The zero-order valence-electron chi connectivity index (χ0n) is 12.3. The lowest BCUT2D eigenvalue weighted by Gasteiger charge is -2.35. The molecule has 0 unspecified atom stereocenters. The van der Waals surface area contributed by atoms with E-state index in [4.69, 9.17) is 14.2 Å². The first-order valence-electron chi connectivity index (χ1n) is 6.32. The van der Waals surface area contributed by atoms with Crippen molar-refractivity contribution in [1.82, 2.24) is 4.90 Å². The van der Waals surface area contributed by atoms with Crippen LogP contribution in [0.25, 0.3) is 0 Å². The summed E-state index contributed by atoms with van der Waals surface area (Å²) in [5, 5.41) is 0. The second kappa shape index (κ2) is 5.45. The number of carbonyl (C=O) groups excluding carboxylic acids is 1. The highest BCUT2D eigenvalue weighted by Crippen LogP contribution is 2.30. The summed E-state index contributed by atoms with van der Waals surface area (Å²) in [4.78, 5) is 13.9. The van der Waals surface area contributed by atoms with Crippen molar-refractivity contribution in [2.45, 2.75) is 58.4 Å². The average Bonchev–Trinajstić information content (AvgIpc) is 2.48. The smallest absolute Gasteiger partial charge is 0.412 e. The molecule has 0 bridgehead atoms. The molecule has 0 radical (unpaired) electrons. The molecule has 1 saturated heterocycles. The van der Waals surface area contributed by atoms with Gasteiger partial charge in [-0.2, -0.15) is 0 Å². The summed E-state index contributed by atoms with van der Waals surface area (Å²) in [7, 11) is 1.65. The number of carbonyl (C=O) groups is 1. The highest BCUT2D eigenvalue weighted by atomic mass is 16.6. The average molecular weight is 259 g/mol. The number of amides is 1. The van der Waals surface area contributed by atoms with Crippen molar-refractivity contribution < 1.29 is 19.0 Å². The highest BCUT2D eigenvalue weighted by Gasteiger charge is 2.45. The molecule has 1 rings (SSSR count). The lowest BCUT2D eigenvalue weighted by atomic mass is 10.1. The normalized spacial score (nSPS) is 23.2. The molecule has 0 spiro atoms. The molecule has 0 N–H and O–H groups in total. The van der Waals surface area contributed by atoms with Gasteiger partial charge < -0.3 is 14.2 Å². The van der Waals surface area contributed by atoms with Crippen LogP contribution in [-0.2, 0) is 14.2 Å². The van der Waals surface area contributed by atoms with Crippen molar-refractivity contribution in [3.8, 4) is 0 Å². The molecule has 0 aromatic carbocycles. The SMILES string of the molecule is COCC[C@H]1COC(C)(C)N1C(=O)OC(C)(C)C. The van der Waals surface area contributed by atoms with Crippen molar-refractivity contribution in [3.63, 3.8) is 0 Å². The van der Waals surface area contributed by atoms with Gasteiger partial charge in [0.05, 0.1) is 12.6 Å². The van der Waals surface area contributed by atoms with E-state index < -0.39 is 11.3 Å². The lowest BCUT2D eigenvalue weighted by molar-refractivity contribution is -0.0631. The van der Waals surface area contributed by atoms with Gasteiger partial charge in [0.25, 0.3) is 0 Å². The molecule has 5 heteroatoms. The van der Waals surface area contributed by atoms with Gasteiger partial charge >= 0.3 is 6.09 Å². The Kier molecular flexibility index (Phi) is 4.61. The van der Waals surface area contributed by atoms with Crippen LogP contribution >= 0.6 is 0 Å². The predicted octanol–water partition coefficient (Wildman–Crippen LogP) is 2.39.